The molecule has 15 heavy (non-hydrogen) atoms. The van der Waals surface area contributed by atoms with Crippen molar-refractivity contribution in [1.82, 2.24) is 10.2 Å². The quantitative estimate of drug-likeness (QED) is 0.748. The van der Waals surface area contributed by atoms with Gasteiger partial charge in [0.05, 0.1) is 0 Å². The Bertz CT molecular complexity index is 254. The molecule has 1 aliphatic heterocycles. The van der Waals surface area contributed by atoms with Crippen molar-refractivity contribution in [2.24, 2.45) is 0 Å². The summed E-state index contributed by atoms with van der Waals surface area (Å²) in [6.45, 7) is 1.49. The summed E-state index contributed by atoms with van der Waals surface area (Å²) in [5.41, 5.74) is 0. The number of nitrogens with one attached hydrogen (secondary N) is 1. The van der Waals surface area contributed by atoms with Crippen LogP contribution in [0.1, 0.15) is 13.3 Å². The maximum atomic E-state index is 11.6. The van der Waals surface area contributed by atoms with Crippen LogP contribution in [0.15, 0.2) is 0 Å². The lowest BCUT2D eigenvalue weighted by Crippen LogP contribution is -2.48. The zero-order valence-electron chi connectivity index (χ0n) is 8.90. The molecule has 2 N–H and O–H groups in total. The first-order valence-electron chi connectivity index (χ1n) is 4.86. The molecule has 6 heteroatoms. The zero-order chi connectivity index (χ0) is 11.4. The molecule has 2 atom stereocenters. The second kappa shape index (κ2) is 5.25. The lowest BCUT2D eigenvalue weighted by atomic mass is 10.2. The van der Waals surface area contributed by atoms with E-state index in [0.717, 1.165) is 17.9 Å². The Hall–Kier alpha value is -0.910. The van der Waals surface area contributed by atoms with Crippen molar-refractivity contribution in [3.63, 3.8) is 0 Å². The Morgan fingerprint density at radius 1 is 1.60 bits per heavy atom. The SMILES string of the molecule is CC(C(=O)O)N(C)C(=O)NC1CCSC1. The molecule has 1 heterocycles. The third-order valence-corrected chi connectivity index (χ3v) is 3.68. The Labute approximate surface area is 93.2 Å². The van der Waals surface area contributed by atoms with Crippen molar-refractivity contribution in [2.75, 3.05) is 18.6 Å². The molecule has 2 unspecified atom stereocenters. The molecule has 1 saturated heterocycles. The highest BCUT2D eigenvalue weighted by Gasteiger charge is 2.24. The fourth-order valence-corrected chi connectivity index (χ4v) is 2.42. The van der Waals surface area contributed by atoms with Gasteiger partial charge in [-0.3, -0.25) is 0 Å². The van der Waals surface area contributed by atoms with Crippen LogP contribution in [0, 0.1) is 0 Å². The fourth-order valence-electron chi connectivity index (χ4n) is 1.27. The van der Waals surface area contributed by atoms with Crippen LogP contribution in [0.5, 0.6) is 0 Å². The van der Waals surface area contributed by atoms with Gasteiger partial charge in [-0.1, -0.05) is 0 Å². The first kappa shape index (κ1) is 12.2. The van der Waals surface area contributed by atoms with Crippen LogP contribution < -0.4 is 5.32 Å². The Morgan fingerprint density at radius 3 is 2.73 bits per heavy atom. The van der Waals surface area contributed by atoms with E-state index >= 15 is 0 Å². The number of thioether (sulfide) groups is 1. The van der Waals surface area contributed by atoms with E-state index in [1.807, 2.05) is 0 Å². The van der Waals surface area contributed by atoms with Crippen molar-refractivity contribution >= 4 is 23.8 Å². The molecular formula is C9H16N2O3S. The number of carboxylic acids is 1. The summed E-state index contributed by atoms with van der Waals surface area (Å²) >= 11 is 1.80. The number of rotatable bonds is 3. The van der Waals surface area contributed by atoms with Crippen molar-refractivity contribution < 1.29 is 14.7 Å². The molecule has 1 rings (SSSR count). The van der Waals surface area contributed by atoms with Gasteiger partial charge in [0, 0.05) is 18.8 Å². The highest BCUT2D eigenvalue weighted by Crippen LogP contribution is 2.17. The number of carbonyl (C=O) groups excluding carboxylic acids is 1. The number of nitrogens with zero attached hydrogens (tertiary/aromatic N) is 1. The molecule has 0 aliphatic carbocycles. The average Bonchev–Trinajstić information content (AvgIpc) is 2.67. The van der Waals surface area contributed by atoms with Crippen molar-refractivity contribution in [2.45, 2.75) is 25.4 Å². The molecule has 5 nitrogen and oxygen atoms in total. The van der Waals surface area contributed by atoms with E-state index in [0.29, 0.717) is 0 Å². The minimum absolute atomic E-state index is 0.186. The molecule has 0 saturated carbocycles. The number of urea groups is 1. The molecule has 0 aromatic rings. The van der Waals surface area contributed by atoms with Gasteiger partial charge in [-0.05, 0) is 19.1 Å². The summed E-state index contributed by atoms with van der Waals surface area (Å²) in [7, 11) is 1.50. The minimum atomic E-state index is -0.992. The molecule has 0 spiro atoms. The summed E-state index contributed by atoms with van der Waals surface area (Å²) in [5, 5.41) is 11.6. The van der Waals surface area contributed by atoms with Crippen molar-refractivity contribution in [3.8, 4) is 0 Å². The zero-order valence-corrected chi connectivity index (χ0v) is 9.71. The van der Waals surface area contributed by atoms with E-state index in [1.165, 1.54) is 18.9 Å². The van der Waals surface area contributed by atoms with Gasteiger partial charge in [-0.2, -0.15) is 11.8 Å². The second-order valence-corrected chi connectivity index (χ2v) is 4.78. The standard InChI is InChI=1S/C9H16N2O3S/c1-6(8(12)13)11(2)9(14)10-7-3-4-15-5-7/h6-7H,3-5H2,1-2H3,(H,10,14)(H,12,13). The highest BCUT2D eigenvalue weighted by molar-refractivity contribution is 7.99. The molecule has 86 valence electrons. The van der Waals surface area contributed by atoms with E-state index < -0.39 is 12.0 Å². The van der Waals surface area contributed by atoms with Crippen LogP contribution in [0.3, 0.4) is 0 Å². The summed E-state index contributed by atoms with van der Waals surface area (Å²) < 4.78 is 0. The Morgan fingerprint density at radius 2 is 2.27 bits per heavy atom. The summed E-state index contributed by atoms with van der Waals surface area (Å²) in [6, 6.07) is -0.914. The van der Waals surface area contributed by atoms with Crippen LogP contribution in [-0.4, -0.2) is 52.6 Å². The maximum absolute atomic E-state index is 11.6. The summed E-state index contributed by atoms with van der Waals surface area (Å²) in [6.07, 6.45) is 0.964. The molecular weight excluding hydrogens is 216 g/mol. The van der Waals surface area contributed by atoms with E-state index in [1.54, 1.807) is 11.8 Å². The van der Waals surface area contributed by atoms with Gasteiger partial charge in [0.2, 0.25) is 0 Å². The number of likely N-dealkylation sites (N-methyl/N-ethyl adjacent to an activating group) is 1. The van der Waals surface area contributed by atoms with Crippen LogP contribution in [0.25, 0.3) is 0 Å². The molecule has 0 bridgehead atoms. The molecule has 0 aromatic heterocycles. The number of hydrogen-bond donors (Lipinski definition) is 2. The Kier molecular flexibility index (Phi) is 4.26. The predicted octanol–water partition coefficient (Wildman–Crippen LogP) is 0.606. The third-order valence-electron chi connectivity index (χ3n) is 2.52. The van der Waals surface area contributed by atoms with Crippen LogP contribution in [0.2, 0.25) is 0 Å². The first-order chi connectivity index (χ1) is 7.02. The molecule has 1 fully saturated rings. The number of hydrogen-bond acceptors (Lipinski definition) is 3. The lowest BCUT2D eigenvalue weighted by molar-refractivity contribution is -0.141. The topological polar surface area (TPSA) is 69.6 Å². The smallest absolute Gasteiger partial charge is 0.326 e. The molecule has 2 amide bonds. The van der Waals surface area contributed by atoms with Crippen LogP contribution in [0.4, 0.5) is 4.79 Å². The third kappa shape index (κ3) is 3.30. The maximum Gasteiger partial charge on any atom is 0.326 e. The monoisotopic (exact) mass is 232 g/mol. The van der Waals surface area contributed by atoms with Gasteiger partial charge in [-0.25, -0.2) is 9.59 Å². The number of carboxylic acid groups (broad SMARTS) is 1. The van der Waals surface area contributed by atoms with Crippen molar-refractivity contribution in [3.05, 3.63) is 0 Å². The van der Waals surface area contributed by atoms with E-state index in [-0.39, 0.29) is 12.1 Å². The van der Waals surface area contributed by atoms with Gasteiger partial charge in [0.1, 0.15) is 6.04 Å². The highest BCUT2D eigenvalue weighted by atomic mass is 32.2. The predicted molar refractivity (Wildman–Crippen MR) is 59.1 cm³/mol. The normalized spacial score (nSPS) is 22.1. The fraction of sp³-hybridized carbons (Fsp3) is 0.778. The molecule has 1 aliphatic rings. The summed E-state index contributed by atoms with van der Waals surface area (Å²) in [5.74, 6) is 0.984. The van der Waals surface area contributed by atoms with E-state index in [9.17, 15) is 9.59 Å². The number of carbonyl (C=O) groups is 2. The Balaban J connectivity index is 2.41. The van der Waals surface area contributed by atoms with Gasteiger partial charge < -0.3 is 15.3 Å². The van der Waals surface area contributed by atoms with Gasteiger partial charge in [0.25, 0.3) is 0 Å². The van der Waals surface area contributed by atoms with Crippen LogP contribution in [-0.2, 0) is 4.79 Å². The number of amides is 2. The largest absolute Gasteiger partial charge is 0.480 e. The number of aliphatic carboxylic acids is 1. The van der Waals surface area contributed by atoms with Gasteiger partial charge in [-0.15, -0.1) is 0 Å². The second-order valence-electron chi connectivity index (χ2n) is 3.64. The van der Waals surface area contributed by atoms with Gasteiger partial charge in [0.15, 0.2) is 0 Å². The minimum Gasteiger partial charge on any atom is -0.480 e. The van der Waals surface area contributed by atoms with Crippen LogP contribution >= 0.6 is 11.8 Å². The lowest BCUT2D eigenvalue weighted by Gasteiger charge is -2.23. The first-order valence-corrected chi connectivity index (χ1v) is 6.01. The molecule has 0 aromatic carbocycles. The van der Waals surface area contributed by atoms with Gasteiger partial charge >= 0.3 is 12.0 Å². The summed E-state index contributed by atoms with van der Waals surface area (Å²) in [4.78, 5) is 23.5. The average molecular weight is 232 g/mol. The van der Waals surface area contributed by atoms with E-state index in [4.69, 9.17) is 5.11 Å². The van der Waals surface area contributed by atoms with E-state index in [2.05, 4.69) is 5.32 Å². The molecule has 0 radical (unpaired) electrons. The van der Waals surface area contributed by atoms with Crippen molar-refractivity contribution in [1.29, 1.82) is 0 Å².